The van der Waals surface area contributed by atoms with Crippen molar-refractivity contribution in [2.45, 2.75) is 39.3 Å². The van der Waals surface area contributed by atoms with Gasteiger partial charge in [0.2, 0.25) is 11.8 Å². The van der Waals surface area contributed by atoms with Crippen molar-refractivity contribution in [2.24, 2.45) is 5.92 Å². The SMILES string of the molecule is CCn1c(=O)n(CCC(=O)N2CCCC(C(=O)Nc3ccc(Cl)cn3)C2)c2ccccc21. The molecule has 1 fully saturated rings. The van der Waals surface area contributed by atoms with Gasteiger partial charge in [0.25, 0.3) is 0 Å². The fraction of sp³-hybridized carbons (Fsp3) is 0.391. The number of rotatable bonds is 6. The van der Waals surface area contributed by atoms with Gasteiger partial charge in [0.15, 0.2) is 0 Å². The Balaban J connectivity index is 1.39. The molecule has 0 bridgehead atoms. The van der Waals surface area contributed by atoms with Crippen LogP contribution in [0.2, 0.25) is 5.02 Å². The van der Waals surface area contributed by atoms with Crippen molar-refractivity contribution >= 4 is 40.3 Å². The number of para-hydroxylation sites is 2. The number of likely N-dealkylation sites (tertiary alicyclic amines) is 1. The Morgan fingerprint density at radius 1 is 1.16 bits per heavy atom. The van der Waals surface area contributed by atoms with Gasteiger partial charge in [0, 0.05) is 38.8 Å². The van der Waals surface area contributed by atoms with Gasteiger partial charge in [-0.15, -0.1) is 0 Å². The van der Waals surface area contributed by atoms with Crippen molar-refractivity contribution in [3.63, 3.8) is 0 Å². The molecule has 0 saturated carbocycles. The van der Waals surface area contributed by atoms with E-state index in [1.165, 1.54) is 6.20 Å². The van der Waals surface area contributed by atoms with Gasteiger partial charge in [-0.1, -0.05) is 23.7 Å². The number of aryl methyl sites for hydroxylation is 2. The van der Waals surface area contributed by atoms with Gasteiger partial charge in [-0.2, -0.15) is 0 Å². The number of pyridine rings is 1. The molecule has 0 radical (unpaired) electrons. The average molecular weight is 456 g/mol. The van der Waals surface area contributed by atoms with E-state index in [0.29, 0.717) is 43.4 Å². The van der Waals surface area contributed by atoms with E-state index in [9.17, 15) is 14.4 Å². The van der Waals surface area contributed by atoms with E-state index in [1.54, 1.807) is 26.2 Å². The number of amides is 2. The Labute approximate surface area is 190 Å². The largest absolute Gasteiger partial charge is 0.342 e. The number of anilines is 1. The lowest BCUT2D eigenvalue weighted by atomic mass is 9.97. The molecule has 168 valence electrons. The van der Waals surface area contributed by atoms with E-state index in [-0.39, 0.29) is 29.8 Å². The van der Waals surface area contributed by atoms with Gasteiger partial charge in [0.1, 0.15) is 5.82 Å². The Hall–Kier alpha value is -3.13. The van der Waals surface area contributed by atoms with E-state index in [4.69, 9.17) is 11.6 Å². The highest BCUT2D eigenvalue weighted by Gasteiger charge is 2.28. The zero-order valence-corrected chi connectivity index (χ0v) is 18.7. The maximum Gasteiger partial charge on any atom is 0.329 e. The van der Waals surface area contributed by atoms with Crippen molar-refractivity contribution in [1.82, 2.24) is 19.0 Å². The van der Waals surface area contributed by atoms with Crippen LogP contribution >= 0.6 is 11.6 Å². The molecule has 3 aromatic rings. The van der Waals surface area contributed by atoms with Gasteiger partial charge in [0.05, 0.1) is 22.0 Å². The van der Waals surface area contributed by atoms with Crippen molar-refractivity contribution in [3.8, 4) is 0 Å². The van der Waals surface area contributed by atoms with E-state index < -0.39 is 0 Å². The van der Waals surface area contributed by atoms with E-state index >= 15 is 0 Å². The fourth-order valence-electron chi connectivity index (χ4n) is 4.26. The molecule has 0 aliphatic carbocycles. The highest BCUT2D eigenvalue weighted by atomic mass is 35.5. The standard InChI is InChI=1S/C23H26ClN5O3/c1-2-28-18-7-3-4-8-19(18)29(23(28)32)13-11-21(30)27-12-5-6-16(15-27)22(31)26-20-10-9-17(24)14-25-20/h3-4,7-10,14,16H,2,5-6,11-13,15H2,1H3,(H,25,26,31). The smallest absolute Gasteiger partial charge is 0.329 e. The highest BCUT2D eigenvalue weighted by Crippen LogP contribution is 2.20. The lowest BCUT2D eigenvalue weighted by molar-refractivity contribution is -0.134. The summed E-state index contributed by atoms with van der Waals surface area (Å²) in [5.41, 5.74) is 1.60. The predicted molar refractivity (Wildman–Crippen MR) is 124 cm³/mol. The van der Waals surface area contributed by atoms with Gasteiger partial charge >= 0.3 is 5.69 Å². The maximum absolute atomic E-state index is 12.9. The van der Waals surface area contributed by atoms with Crippen molar-refractivity contribution in [2.75, 3.05) is 18.4 Å². The van der Waals surface area contributed by atoms with Crippen LogP contribution in [0.3, 0.4) is 0 Å². The van der Waals surface area contributed by atoms with Crippen LogP contribution in [0.5, 0.6) is 0 Å². The van der Waals surface area contributed by atoms with Crippen LogP contribution in [0.25, 0.3) is 11.0 Å². The zero-order valence-electron chi connectivity index (χ0n) is 18.0. The van der Waals surface area contributed by atoms with Gasteiger partial charge in [-0.25, -0.2) is 9.78 Å². The summed E-state index contributed by atoms with van der Waals surface area (Å²) in [6, 6.07) is 10.9. The Bertz CT molecular complexity index is 1180. The molecule has 4 rings (SSSR count). The van der Waals surface area contributed by atoms with Crippen LogP contribution in [-0.2, 0) is 22.7 Å². The third-order valence-corrected chi connectivity index (χ3v) is 6.14. The van der Waals surface area contributed by atoms with Gasteiger partial charge in [-0.05, 0) is 44.0 Å². The fourth-order valence-corrected chi connectivity index (χ4v) is 4.37. The highest BCUT2D eigenvalue weighted by molar-refractivity contribution is 6.30. The minimum absolute atomic E-state index is 0.0488. The summed E-state index contributed by atoms with van der Waals surface area (Å²) in [6.07, 6.45) is 3.16. The maximum atomic E-state index is 12.9. The lowest BCUT2D eigenvalue weighted by Crippen LogP contribution is -2.44. The number of hydrogen-bond donors (Lipinski definition) is 1. The number of imidazole rings is 1. The Morgan fingerprint density at radius 2 is 1.91 bits per heavy atom. The summed E-state index contributed by atoms with van der Waals surface area (Å²) >= 11 is 5.83. The number of fused-ring (bicyclic) bond motifs is 1. The minimum atomic E-state index is -0.296. The molecule has 2 aromatic heterocycles. The second-order valence-corrected chi connectivity index (χ2v) is 8.38. The normalized spacial score (nSPS) is 16.3. The molecule has 32 heavy (non-hydrogen) atoms. The van der Waals surface area contributed by atoms with Crippen LogP contribution in [0.4, 0.5) is 5.82 Å². The monoisotopic (exact) mass is 455 g/mol. The first-order valence-corrected chi connectivity index (χ1v) is 11.2. The summed E-state index contributed by atoms with van der Waals surface area (Å²) in [5, 5.41) is 3.30. The first-order valence-electron chi connectivity index (χ1n) is 10.9. The molecule has 1 atom stereocenters. The Kier molecular flexibility index (Phi) is 6.60. The number of nitrogens with one attached hydrogen (secondary N) is 1. The molecule has 1 aliphatic rings. The quantitative estimate of drug-likeness (QED) is 0.618. The van der Waals surface area contributed by atoms with Crippen LogP contribution < -0.4 is 11.0 Å². The average Bonchev–Trinajstić information content (AvgIpc) is 3.09. The van der Waals surface area contributed by atoms with Gasteiger partial charge < -0.3 is 10.2 Å². The predicted octanol–water partition coefficient (Wildman–Crippen LogP) is 3.14. The van der Waals surface area contributed by atoms with Gasteiger partial charge in [-0.3, -0.25) is 18.7 Å². The summed E-state index contributed by atoms with van der Waals surface area (Å²) < 4.78 is 3.38. The molecule has 0 spiro atoms. The van der Waals surface area contributed by atoms with Crippen molar-refractivity contribution in [1.29, 1.82) is 0 Å². The zero-order chi connectivity index (χ0) is 22.7. The third kappa shape index (κ3) is 4.55. The number of carbonyl (C=O) groups excluding carboxylic acids is 2. The number of aromatic nitrogens is 3. The number of nitrogens with zero attached hydrogens (tertiary/aromatic N) is 4. The molecule has 3 heterocycles. The Morgan fingerprint density at radius 3 is 2.59 bits per heavy atom. The van der Waals surface area contributed by atoms with Crippen LogP contribution in [0.15, 0.2) is 47.4 Å². The molecule has 1 aliphatic heterocycles. The summed E-state index contributed by atoms with van der Waals surface area (Å²) in [5.74, 6) is -0.0589. The third-order valence-electron chi connectivity index (χ3n) is 5.91. The van der Waals surface area contributed by atoms with Crippen molar-refractivity contribution in [3.05, 3.63) is 58.1 Å². The van der Waals surface area contributed by atoms with E-state index in [0.717, 1.165) is 17.5 Å². The molecule has 1 N–H and O–H groups in total. The summed E-state index contributed by atoms with van der Waals surface area (Å²) in [4.78, 5) is 44.2. The molecule has 2 amide bonds. The molecular weight excluding hydrogens is 430 g/mol. The van der Waals surface area contributed by atoms with E-state index in [1.807, 2.05) is 31.2 Å². The molecule has 8 nitrogen and oxygen atoms in total. The minimum Gasteiger partial charge on any atom is -0.342 e. The van der Waals surface area contributed by atoms with Crippen LogP contribution in [-0.4, -0.2) is 43.9 Å². The second kappa shape index (κ2) is 9.56. The number of carbonyl (C=O) groups is 2. The molecule has 1 saturated heterocycles. The molecular formula is C23H26ClN5O3. The van der Waals surface area contributed by atoms with Crippen LogP contribution in [0, 0.1) is 5.92 Å². The molecule has 1 unspecified atom stereocenters. The number of piperidine rings is 1. The first-order chi connectivity index (χ1) is 15.5. The lowest BCUT2D eigenvalue weighted by Gasteiger charge is -2.32. The summed E-state index contributed by atoms with van der Waals surface area (Å²) in [6.45, 7) is 3.80. The number of benzene rings is 1. The summed E-state index contributed by atoms with van der Waals surface area (Å²) in [7, 11) is 0. The van der Waals surface area contributed by atoms with E-state index in [2.05, 4.69) is 10.3 Å². The number of halogens is 1. The molecule has 1 aromatic carbocycles. The first kappa shape index (κ1) is 22.1. The molecule has 9 heteroatoms. The topological polar surface area (TPSA) is 89.2 Å². The van der Waals surface area contributed by atoms with Crippen molar-refractivity contribution < 1.29 is 9.59 Å². The van der Waals surface area contributed by atoms with Crippen LogP contribution in [0.1, 0.15) is 26.2 Å². The second-order valence-electron chi connectivity index (χ2n) is 7.95. The number of hydrogen-bond acceptors (Lipinski definition) is 4.